The van der Waals surface area contributed by atoms with Gasteiger partial charge in [0.2, 0.25) is 0 Å². The minimum atomic E-state index is -4.02. The van der Waals surface area contributed by atoms with E-state index in [1.807, 2.05) is 6.92 Å². The molecule has 0 amide bonds. The number of aromatic nitrogens is 3. The molecule has 158 valence electrons. The van der Waals surface area contributed by atoms with Gasteiger partial charge in [-0.1, -0.05) is 22.9 Å². The Bertz CT molecular complexity index is 946. The molecule has 0 unspecified atom stereocenters. The summed E-state index contributed by atoms with van der Waals surface area (Å²) in [7, 11) is -4.02. The lowest BCUT2D eigenvalue weighted by Crippen LogP contribution is -2.41. The highest BCUT2D eigenvalue weighted by Gasteiger charge is 2.57. The van der Waals surface area contributed by atoms with Crippen molar-refractivity contribution >= 4 is 10.1 Å². The number of benzene rings is 1. The SMILES string of the molecule is Cc1ccc(S(=O)(=O)OC[C@@H](O)[C@H]2O[C@@H]3OC(C)(C)O[C@@H]3[C@H]2n2ccnn2)cc1. The van der Waals surface area contributed by atoms with E-state index in [0.29, 0.717) is 0 Å². The Morgan fingerprint density at radius 1 is 1.28 bits per heavy atom. The van der Waals surface area contributed by atoms with E-state index >= 15 is 0 Å². The molecule has 2 aromatic rings. The van der Waals surface area contributed by atoms with Crippen molar-refractivity contribution < 1.29 is 31.9 Å². The van der Waals surface area contributed by atoms with Crippen molar-refractivity contribution in [3.63, 3.8) is 0 Å². The number of nitrogens with zero attached hydrogens (tertiary/aromatic N) is 3. The van der Waals surface area contributed by atoms with Crippen molar-refractivity contribution in [2.45, 2.75) is 62.1 Å². The predicted molar refractivity (Wildman–Crippen MR) is 98.1 cm³/mol. The van der Waals surface area contributed by atoms with Gasteiger partial charge in [-0.2, -0.15) is 8.42 Å². The molecular weight excluding hydrogens is 402 g/mol. The lowest BCUT2D eigenvalue weighted by Gasteiger charge is -2.28. The largest absolute Gasteiger partial charge is 0.388 e. The molecule has 1 N–H and O–H groups in total. The third-order valence-electron chi connectivity index (χ3n) is 4.88. The summed E-state index contributed by atoms with van der Waals surface area (Å²) >= 11 is 0. The molecule has 2 aliphatic heterocycles. The quantitative estimate of drug-likeness (QED) is 0.669. The van der Waals surface area contributed by atoms with E-state index in [2.05, 4.69) is 10.3 Å². The van der Waals surface area contributed by atoms with E-state index in [1.54, 1.807) is 32.2 Å². The topological polar surface area (TPSA) is 122 Å². The van der Waals surface area contributed by atoms with E-state index in [4.69, 9.17) is 18.4 Å². The van der Waals surface area contributed by atoms with Crippen LogP contribution in [0.5, 0.6) is 0 Å². The first kappa shape index (κ1) is 20.4. The Morgan fingerprint density at radius 2 is 2.00 bits per heavy atom. The van der Waals surface area contributed by atoms with Gasteiger partial charge in [-0.3, -0.25) is 4.18 Å². The van der Waals surface area contributed by atoms with Crippen molar-refractivity contribution in [1.29, 1.82) is 0 Å². The maximum Gasteiger partial charge on any atom is 0.297 e. The van der Waals surface area contributed by atoms with Gasteiger partial charge in [0, 0.05) is 6.20 Å². The zero-order valence-corrected chi connectivity index (χ0v) is 17.0. The Hall–Kier alpha value is -1.89. The number of ether oxygens (including phenoxy) is 3. The molecule has 2 aliphatic rings. The van der Waals surface area contributed by atoms with Crippen LogP contribution in [0.25, 0.3) is 0 Å². The zero-order chi connectivity index (χ0) is 20.8. The smallest absolute Gasteiger partial charge is 0.297 e. The third-order valence-corrected chi connectivity index (χ3v) is 6.18. The summed E-state index contributed by atoms with van der Waals surface area (Å²) in [5.74, 6) is -0.852. The van der Waals surface area contributed by atoms with Crippen LogP contribution >= 0.6 is 0 Å². The summed E-state index contributed by atoms with van der Waals surface area (Å²) < 4.78 is 48.9. The van der Waals surface area contributed by atoms with Gasteiger partial charge < -0.3 is 19.3 Å². The first-order valence-corrected chi connectivity index (χ1v) is 10.6. The molecule has 1 aromatic heterocycles. The average molecular weight is 425 g/mol. The highest BCUT2D eigenvalue weighted by molar-refractivity contribution is 7.86. The van der Waals surface area contributed by atoms with Crippen LogP contribution in [0.3, 0.4) is 0 Å². The predicted octanol–water partition coefficient (Wildman–Crippen LogP) is 0.770. The molecule has 10 nitrogen and oxygen atoms in total. The van der Waals surface area contributed by atoms with Crippen LogP contribution in [0.2, 0.25) is 0 Å². The standard InChI is InChI=1S/C18H23N3O7S/c1-11-4-6-12(7-5-11)29(23,24)25-10-13(22)15-14(21-9-8-19-20-21)16-17(26-15)28-18(2,3)27-16/h4-9,13-17,22H,10H2,1-3H3/t13-,14+,15-,16-,17-/m1/s1. The van der Waals surface area contributed by atoms with Crippen LogP contribution in [0.1, 0.15) is 25.5 Å². The first-order chi connectivity index (χ1) is 13.7. The molecule has 2 saturated heterocycles. The molecule has 0 radical (unpaired) electrons. The fourth-order valence-electron chi connectivity index (χ4n) is 3.54. The van der Waals surface area contributed by atoms with E-state index < -0.39 is 53.2 Å². The van der Waals surface area contributed by atoms with Crippen LogP contribution in [-0.2, 0) is 28.5 Å². The number of fused-ring (bicyclic) bond motifs is 1. The molecule has 4 rings (SSSR count). The van der Waals surface area contributed by atoms with Gasteiger partial charge in [0.25, 0.3) is 10.1 Å². The number of aryl methyl sites for hydroxylation is 1. The summed E-state index contributed by atoms with van der Waals surface area (Å²) in [5, 5.41) is 18.5. The fraction of sp³-hybridized carbons (Fsp3) is 0.556. The summed E-state index contributed by atoms with van der Waals surface area (Å²) in [5.41, 5.74) is 0.925. The first-order valence-electron chi connectivity index (χ1n) is 9.17. The summed E-state index contributed by atoms with van der Waals surface area (Å²) in [6.07, 6.45) is -0.293. The summed E-state index contributed by atoms with van der Waals surface area (Å²) in [4.78, 5) is 0.0146. The zero-order valence-electron chi connectivity index (χ0n) is 16.2. The van der Waals surface area contributed by atoms with Crippen LogP contribution in [0.15, 0.2) is 41.6 Å². The molecule has 11 heteroatoms. The lowest BCUT2D eigenvalue weighted by molar-refractivity contribution is -0.220. The van der Waals surface area contributed by atoms with Gasteiger partial charge in [0.1, 0.15) is 24.4 Å². The monoisotopic (exact) mass is 425 g/mol. The van der Waals surface area contributed by atoms with Crippen molar-refractivity contribution in [3.05, 3.63) is 42.2 Å². The molecule has 0 saturated carbocycles. The highest BCUT2D eigenvalue weighted by atomic mass is 32.2. The van der Waals surface area contributed by atoms with Gasteiger partial charge in [-0.15, -0.1) is 5.10 Å². The minimum absolute atomic E-state index is 0.0146. The van der Waals surface area contributed by atoms with Crippen molar-refractivity contribution in [2.24, 2.45) is 0 Å². The molecular formula is C18H23N3O7S. The second-order valence-electron chi connectivity index (χ2n) is 7.56. The van der Waals surface area contributed by atoms with Crippen LogP contribution in [0, 0.1) is 6.92 Å². The normalized spacial score (nSPS) is 29.7. The summed E-state index contributed by atoms with van der Waals surface area (Å²) in [6, 6.07) is 5.69. The lowest BCUT2D eigenvalue weighted by atomic mass is 10.0. The Balaban J connectivity index is 1.49. The molecule has 0 aliphatic carbocycles. The van der Waals surface area contributed by atoms with Gasteiger partial charge in [0.15, 0.2) is 12.1 Å². The second kappa shape index (κ2) is 7.42. The van der Waals surface area contributed by atoms with E-state index in [1.165, 1.54) is 23.0 Å². The Kier molecular flexibility index (Phi) is 5.21. The molecule has 3 heterocycles. The molecule has 1 aromatic carbocycles. The second-order valence-corrected chi connectivity index (χ2v) is 9.18. The van der Waals surface area contributed by atoms with E-state index in [9.17, 15) is 13.5 Å². The maximum absolute atomic E-state index is 12.4. The molecule has 0 bridgehead atoms. The fourth-order valence-corrected chi connectivity index (χ4v) is 4.46. The van der Waals surface area contributed by atoms with Crippen molar-refractivity contribution in [3.8, 4) is 0 Å². The molecule has 0 spiro atoms. The Morgan fingerprint density at radius 3 is 2.66 bits per heavy atom. The average Bonchev–Trinajstić information content (AvgIpc) is 3.34. The number of rotatable bonds is 6. The van der Waals surface area contributed by atoms with Crippen molar-refractivity contribution in [2.75, 3.05) is 6.61 Å². The third kappa shape index (κ3) is 4.06. The van der Waals surface area contributed by atoms with Crippen molar-refractivity contribution in [1.82, 2.24) is 15.0 Å². The van der Waals surface area contributed by atoms with Crippen LogP contribution < -0.4 is 0 Å². The minimum Gasteiger partial charge on any atom is -0.388 e. The number of hydrogen-bond donors (Lipinski definition) is 1. The van der Waals surface area contributed by atoms with Crippen LogP contribution in [0.4, 0.5) is 0 Å². The van der Waals surface area contributed by atoms with Gasteiger partial charge in [0.05, 0.1) is 17.7 Å². The van der Waals surface area contributed by atoms with Gasteiger partial charge in [-0.05, 0) is 32.9 Å². The number of aliphatic hydroxyl groups is 1. The van der Waals surface area contributed by atoms with Gasteiger partial charge >= 0.3 is 0 Å². The molecule has 5 atom stereocenters. The number of hydrogen-bond acceptors (Lipinski definition) is 9. The maximum atomic E-state index is 12.4. The summed E-state index contributed by atoms with van der Waals surface area (Å²) in [6.45, 7) is 4.88. The highest BCUT2D eigenvalue weighted by Crippen LogP contribution is 2.43. The van der Waals surface area contributed by atoms with Gasteiger partial charge in [-0.25, -0.2) is 4.68 Å². The van der Waals surface area contributed by atoms with E-state index in [-0.39, 0.29) is 4.90 Å². The molecule has 29 heavy (non-hydrogen) atoms. The molecule has 2 fully saturated rings. The van der Waals surface area contributed by atoms with E-state index in [0.717, 1.165) is 5.56 Å². The van der Waals surface area contributed by atoms with Crippen LogP contribution in [-0.4, -0.2) is 65.5 Å². The Labute approximate surface area is 168 Å². The number of aliphatic hydroxyl groups excluding tert-OH is 1.